The van der Waals surface area contributed by atoms with Crippen LogP contribution in [0.3, 0.4) is 0 Å². The van der Waals surface area contributed by atoms with Crippen LogP contribution in [0.2, 0.25) is 0 Å². The molecule has 0 aliphatic carbocycles. The molecule has 94 valence electrons. The Kier molecular flexibility index (Phi) is 3.67. The van der Waals surface area contributed by atoms with Crippen LogP contribution in [0.1, 0.15) is 17.0 Å². The van der Waals surface area contributed by atoms with Crippen LogP contribution in [0.4, 0.5) is 0 Å². The summed E-state index contributed by atoms with van der Waals surface area (Å²) in [5.41, 5.74) is 2.98. The number of hydrogen-bond donors (Lipinski definition) is 1. The van der Waals surface area contributed by atoms with Crippen LogP contribution >= 0.6 is 0 Å². The molecule has 0 unspecified atom stereocenters. The van der Waals surface area contributed by atoms with Crippen LogP contribution in [0.15, 0.2) is 24.3 Å². The van der Waals surface area contributed by atoms with Crippen molar-refractivity contribution in [3.05, 3.63) is 41.2 Å². The van der Waals surface area contributed by atoms with Gasteiger partial charge in [0, 0.05) is 5.69 Å². The van der Waals surface area contributed by atoms with Crippen molar-refractivity contribution in [1.82, 2.24) is 10.2 Å². The fourth-order valence-corrected chi connectivity index (χ4v) is 1.66. The molecule has 0 amide bonds. The Morgan fingerprint density at radius 3 is 2.44 bits per heavy atom. The molecule has 18 heavy (non-hydrogen) atoms. The molecule has 0 fully saturated rings. The molecule has 4 nitrogen and oxygen atoms in total. The highest BCUT2D eigenvalue weighted by Crippen LogP contribution is 2.28. The Hall–Kier alpha value is -2.23. The summed E-state index contributed by atoms with van der Waals surface area (Å²) in [5.74, 6) is 1.45. The van der Waals surface area contributed by atoms with Gasteiger partial charge in [-0.1, -0.05) is 12.1 Å². The van der Waals surface area contributed by atoms with Gasteiger partial charge in [-0.15, -0.1) is 0 Å². The molecule has 0 radical (unpaired) electrons. The Balaban J connectivity index is 2.21. The lowest BCUT2D eigenvalue weighted by Crippen LogP contribution is -1.90. The molecule has 0 aliphatic rings. The maximum Gasteiger partial charge on any atom is 0.161 e. The van der Waals surface area contributed by atoms with Crippen molar-refractivity contribution in [2.75, 3.05) is 14.2 Å². The molecule has 0 bridgehead atoms. The molecule has 1 heterocycles. The predicted molar refractivity (Wildman–Crippen MR) is 71.8 cm³/mol. The second kappa shape index (κ2) is 5.40. The smallest absolute Gasteiger partial charge is 0.161 e. The number of hydrogen-bond acceptors (Lipinski definition) is 3. The van der Waals surface area contributed by atoms with Gasteiger partial charge in [0.1, 0.15) is 0 Å². The minimum Gasteiger partial charge on any atom is -0.493 e. The first-order valence-electron chi connectivity index (χ1n) is 5.65. The average Bonchev–Trinajstić information content (AvgIpc) is 2.81. The van der Waals surface area contributed by atoms with E-state index in [-0.39, 0.29) is 0 Å². The van der Waals surface area contributed by atoms with Crippen molar-refractivity contribution in [2.45, 2.75) is 6.92 Å². The fraction of sp³-hybridized carbons (Fsp3) is 0.214. The Labute approximate surface area is 106 Å². The SMILES string of the molecule is COc1ccc(/C=C/c2cc(C)[nH]n2)cc1OC. The van der Waals surface area contributed by atoms with Crippen molar-refractivity contribution in [3.63, 3.8) is 0 Å². The van der Waals surface area contributed by atoms with Crippen LogP contribution < -0.4 is 9.47 Å². The lowest BCUT2D eigenvalue weighted by atomic mass is 10.1. The standard InChI is InChI=1S/C14H16N2O2/c1-10-8-12(16-15-10)6-4-11-5-7-13(17-2)14(9-11)18-3/h4-9H,1-3H3,(H,15,16)/b6-4+. The number of nitrogens with one attached hydrogen (secondary N) is 1. The molecular formula is C14H16N2O2. The van der Waals surface area contributed by atoms with Crippen LogP contribution in [-0.4, -0.2) is 24.4 Å². The van der Waals surface area contributed by atoms with Crippen molar-refractivity contribution in [1.29, 1.82) is 0 Å². The fourth-order valence-electron chi connectivity index (χ4n) is 1.66. The number of benzene rings is 1. The lowest BCUT2D eigenvalue weighted by Gasteiger charge is -2.07. The molecule has 4 heteroatoms. The lowest BCUT2D eigenvalue weighted by molar-refractivity contribution is 0.355. The molecule has 0 saturated carbocycles. The zero-order chi connectivity index (χ0) is 13.0. The van der Waals surface area contributed by atoms with Crippen LogP contribution in [0.25, 0.3) is 12.2 Å². The summed E-state index contributed by atoms with van der Waals surface area (Å²) in [6.45, 7) is 1.97. The van der Waals surface area contributed by atoms with Crippen molar-refractivity contribution >= 4 is 12.2 Å². The summed E-state index contributed by atoms with van der Waals surface area (Å²) in [4.78, 5) is 0. The minimum atomic E-state index is 0.720. The summed E-state index contributed by atoms with van der Waals surface area (Å²) in [5, 5.41) is 7.04. The maximum absolute atomic E-state index is 5.25. The molecule has 1 aromatic carbocycles. The largest absolute Gasteiger partial charge is 0.493 e. The number of aryl methyl sites for hydroxylation is 1. The molecule has 0 spiro atoms. The number of ether oxygens (including phenoxy) is 2. The number of rotatable bonds is 4. The molecule has 2 aromatic rings. The van der Waals surface area contributed by atoms with Crippen molar-refractivity contribution in [2.24, 2.45) is 0 Å². The summed E-state index contributed by atoms with van der Waals surface area (Å²) >= 11 is 0. The number of aromatic nitrogens is 2. The van der Waals surface area contributed by atoms with Crippen molar-refractivity contribution < 1.29 is 9.47 Å². The predicted octanol–water partition coefficient (Wildman–Crippen LogP) is 2.91. The van der Waals surface area contributed by atoms with E-state index in [1.54, 1.807) is 14.2 Å². The minimum absolute atomic E-state index is 0.720. The van der Waals surface area contributed by atoms with Gasteiger partial charge in [0.05, 0.1) is 19.9 Å². The molecule has 0 saturated heterocycles. The number of methoxy groups -OCH3 is 2. The van der Waals surface area contributed by atoms with E-state index in [1.807, 2.05) is 43.3 Å². The average molecular weight is 244 g/mol. The zero-order valence-corrected chi connectivity index (χ0v) is 10.7. The summed E-state index contributed by atoms with van der Waals surface area (Å²) in [7, 11) is 3.25. The quantitative estimate of drug-likeness (QED) is 0.899. The van der Waals surface area contributed by atoms with E-state index in [9.17, 15) is 0 Å². The van der Waals surface area contributed by atoms with E-state index in [1.165, 1.54) is 0 Å². The first-order chi connectivity index (χ1) is 8.72. The maximum atomic E-state index is 5.25. The van der Waals surface area contributed by atoms with Crippen LogP contribution in [-0.2, 0) is 0 Å². The number of H-pyrrole nitrogens is 1. The van der Waals surface area contributed by atoms with Gasteiger partial charge in [-0.2, -0.15) is 5.10 Å². The van der Waals surface area contributed by atoms with E-state index in [4.69, 9.17) is 9.47 Å². The van der Waals surface area contributed by atoms with E-state index in [0.717, 1.165) is 28.5 Å². The van der Waals surface area contributed by atoms with E-state index in [2.05, 4.69) is 10.2 Å². The van der Waals surface area contributed by atoms with Gasteiger partial charge in [-0.25, -0.2) is 0 Å². The van der Waals surface area contributed by atoms with Gasteiger partial charge in [-0.3, -0.25) is 5.10 Å². The van der Waals surface area contributed by atoms with Gasteiger partial charge >= 0.3 is 0 Å². The number of nitrogens with zero attached hydrogens (tertiary/aromatic N) is 1. The molecule has 1 N–H and O–H groups in total. The Morgan fingerprint density at radius 1 is 1.06 bits per heavy atom. The molecule has 1 aromatic heterocycles. The normalized spacial score (nSPS) is 10.8. The highest BCUT2D eigenvalue weighted by Gasteiger charge is 2.02. The molecule has 0 aliphatic heterocycles. The van der Waals surface area contributed by atoms with Gasteiger partial charge in [0.25, 0.3) is 0 Å². The van der Waals surface area contributed by atoms with E-state index < -0.39 is 0 Å². The third kappa shape index (κ3) is 2.71. The first-order valence-corrected chi connectivity index (χ1v) is 5.65. The van der Waals surface area contributed by atoms with Gasteiger partial charge in [0.2, 0.25) is 0 Å². The Bertz CT molecular complexity index is 559. The van der Waals surface area contributed by atoms with Crippen LogP contribution in [0.5, 0.6) is 11.5 Å². The molecule has 0 atom stereocenters. The topological polar surface area (TPSA) is 47.1 Å². The zero-order valence-electron chi connectivity index (χ0n) is 10.7. The van der Waals surface area contributed by atoms with E-state index >= 15 is 0 Å². The molecular weight excluding hydrogens is 228 g/mol. The third-order valence-corrected chi connectivity index (χ3v) is 2.58. The van der Waals surface area contributed by atoms with Crippen molar-refractivity contribution in [3.8, 4) is 11.5 Å². The Morgan fingerprint density at radius 2 is 1.83 bits per heavy atom. The summed E-state index contributed by atoms with van der Waals surface area (Å²) in [6, 6.07) is 7.76. The molecule has 2 rings (SSSR count). The second-order valence-electron chi connectivity index (χ2n) is 3.92. The summed E-state index contributed by atoms with van der Waals surface area (Å²) in [6.07, 6.45) is 3.93. The van der Waals surface area contributed by atoms with Crippen LogP contribution in [0, 0.1) is 6.92 Å². The summed E-state index contributed by atoms with van der Waals surface area (Å²) < 4.78 is 10.4. The highest BCUT2D eigenvalue weighted by atomic mass is 16.5. The second-order valence-corrected chi connectivity index (χ2v) is 3.92. The monoisotopic (exact) mass is 244 g/mol. The highest BCUT2D eigenvalue weighted by molar-refractivity contribution is 5.69. The van der Waals surface area contributed by atoms with E-state index in [0.29, 0.717) is 0 Å². The first kappa shape index (κ1) is 12.2. The van der Waals surface area contributed by atoms with Gasteiger partial charge in [0.15, 0.2) is 11.5 Å². The number of aromatic amines is 1. The van der Waals surface area contributed by atoms with Gasteiger partial charge in [-0.05, 0) is 36.8 Å². The third-order valence-electron chi connectivity index (χ3n) is 2.58. The van der Waals surface area contributed by atoms with Gasteiger partial charge < -0.3 is 9.47 Å².